The summed E-state index contributed by atoms with van der Waals surface area (Å²) in [5.74, 6) is 0.987. The van der Waals surface area contributed by atoms with Crippen LogP contribution < -0.4 is 10.5 Å². The number of hydrogen-bond donors (Lipinski definition) is 1. The Labute approximate surface area is 236 Å². The third-order valence-electron chi connectivity index (χ3n) is 8.14. The summed E-state index contributed by atoms with van der Waals surface area (Å²) in [5.41, 5.74) is 11.2. The van der Waals surface area contributed by atoms with Gasteiger partial charge < -0.3 is 24.5 Å². The maximum Gasteiger partial charge on any atom is 0.255 e. The highest BCUT2D eigenvalue weighted by Crippen LogP contribution is 2.39. The molecular weight excluding hydrogens is 523 g/mol. The fourth-order valence-electron chi connectivity index (χ4n) is 5.86. The minimum absolute atomic E-state index is 0.0655. The summed E-state index contributed by atoms with van der Waals surface area (Å²) in [6.45, 7) is 4.48. The molecule has 0 spiro atoms. The van der Waals surface area contributed by atoms with Gasteiger partial charge >= 0.3 is 0 Å². The van der Waals surface area contributed by atoms with Gasteiger partial charge in [0.2, 0.25) is 5.88 Å². The number of aromatic nitrogens is 6. The number of imidazole rings is 1. The van der Waals surface area contributed by atoms with E-state index in [1.165, 1.54) is 17.7 Å². The fraction of sp³-hybridized carbons (Fsp3) is 0.400. The number of pyridine rings is 2. The van der Waals surface area contributed by atoms with E-state index >= 15 is 0 Å². The Morgan fingerprint density at radius 1 is 1.20 bits per heavy atom. The van der Waals surface area contributed by atoms with Crippen LogP contribution in [0.25, 0.3) is 27.8 Å². The van der Waals surface area contributed by atoms with Crippen molar-refractivity contribution in [1.82, 2.24) is 33.6 Å². The van der Waals surface area contributed by atoms with E-state index in [2.05, 4.69) is 27.5 Å². The van der Waals surface area contributed by atoms with Crippen molar-refractivity contribution in [2.45, 2.75) is 51.5 Å². The normalized spacial score (nSPS) is 19.3. The zero-order chi connectivity index (χ0) is 28.1. The lowest BCUT2D eigenvalue weighted by Gasteiger charge is -2.32. The Morgan fingerprint density at radius 2 is 2.07 bits per heavy atom. The summed E-state index contributed by atoms with van der Waals surface area (Å²) in [7, 11) is 0. The van der Waals surface area contributed by atoms with Crippen molar-refractivity contribution < 1.29 is 13.9 Å². The molecule has 41 heavy (non-hydrogen) atoms. The van der Waals surface area contributed by atoms with Gasteiger partial charge in [-0.3, -0.25) is 4.79 Å². The molecule has 10 nitrogen and oxygen atoms in total. The number of nitrogens with zero attached hydrogens (tertiary/aromatic N) is 7. The molecular formula is C30H33FN8O2. The minimum atomic E-state index is -1.10. The molecule has 212 valence electrons. The van der Waals surface area contributed by atoms with Crippen LogP contribution in [0.15, 0.2) is 55.4 Å². The summed E-state index contributed by atoms with van der Waals surface area (Å²) in [4.78, 5) is 23.4. The number of carbonyl (C=O) groups is 1. The van der Waals surface area contributed by atoms with Crippen molar-refractivity contribution in [2.24, 2.45) is 11.7 Å². The summed E-state index contributed by atoms with van der Waals surface area (Å²) < 4.78 is 26.4. The predicted molar refractivity (Wildman–Crippen MR) is 152 cm³/mol. The monoisotopic (exact) mass is 556 g/mol. The summed E-state index contributed by atoms with van der Waals surface area (Å²) in [6.07, 6.45) is 10.5. The Balaban J connectivity index is 1.24. The molecule has 0 radical (unpaired) electrons. The average Bonchev–Trinajstić information content (AvgIpc) is 3.33. The van der Waals surface area contributed by atoms with Crippen molar-refractivity contribution in [3.8, 4) is 17.3 Å². The number of aryl methyl sites for hydroxylation is 1. The maximum absolute atomic E-state index is 14.1. The summed E-state index contributed by atoms with van der Waals surface area (Å²) >= 11 is 0. The predicted octanol–water partition coefficient (Wildman–Crippen LogP) is 3.86. The Morgan fingerprint density at radius 3 is 2.85 bits per heavy atom. The van der Waals surface area contributed by atoms with E-state index < -0.39 is 6.17 Å². The van der Waals surface area contributed by atoms with Gasteiger partial charge in [-0.25, -0.2) is 18.9 Å². The highest BCUT2D eigenvalue weighted by molar-refractivity contribution is 5.95. The molecule has 1 saturated carbocycles. The van der Waals surface area contributed by atoms with E-state index in [1.54, 1.807) is 35.5 Å². The van der Waals surface area contributed by atoms with Crippen LogP contribution in [-0.2, 0) is 13.1 Å². The zero-order valence-corrected chi connectivity index (χ0v) is 23.0. The second-order valence-electron chi connectivity index (χ2n) is 11.3. The molecule has 2 N–H and O–H groups in total. The molecule has 5 aromatic heterocycles. The van der Waals surface area contributed by atoms with Gasteiger partial charge in [0.05, 0.1) is 36.2 Å². The molecule has 2 fully saturated rings. The largest absolute Gasteiger partial charge is 0.474 e. The number of ether oxygens (including phenoxy) is 1. The van der Waals surface area contributed by atoms with E-state index in [9.17, 15) is 9.18 Å². The zero-order valence-electron chi connectivity index (χ0n) is 23.0. The Hall–Kier alpha value is -4.25. The van der Waals surface area contributed by atoms with Crippen LogP contribution in [0.5, 0.6) is 5.88 Å². The number of halogens is 1. The number of likely N-dealkylation sites (tertiary alicyclic amines) is 1. The fourth-order valence-corrected chi connectivity index (χ4v) is 5.86. The number of rotatable bonds is 8. The molecule has 0 aromatic carbocycles. The molecule has 5 aromatic rings. The van der Waals surface area contributed by atoms with Gasteiger partial charge in [-0.15, -0.1) is 0 Å². The highest BCUT2D eigenvalue weighted by Gasteiger charge is 2.30. The molecule has 0 bridgehead atoms. The van der Waals surface area contributed by atoms with Crippen LogP contribution in [0.4, 0.5) is 4.39 Å². The average molecular weight is 557 g/mol. The van der Waals surface area contributed by atoms with E-state index in [1.807, 2.05) is 22.9 Å². The molecule has 2 aliphatic rings. The Kier molecular flexibility index (Phi) is 6.45. The van der Waals surface area contributed by atoms with E-state index in [0.29, 0.717) is 37.1 Å². The lowest BCUT2D eigenvalue weighted by molar-refractivity contribution is 0.0606. The first kappa shape index (κ1) is 25.7. The van der Waals surface area contributed by atoms with Crippen molar-refractivity contribution in [2.75, 3.05) is 19.7 Å². The van der Waals surface area contributed by atoms with E-state index in [-0.39, 0.29) is 24.9 Å². The van der Waals surface area contributed by atoms with Gasteiger partial charge in [-0.05, 0) is 56.4 Å². The van der Waals surface area contributed by atoms with Gasteiger partial charge in [0.25, 0.3) is 5.91 Å². The first-order valence-corrected chi connectivity index (χ1v) is 14.2. The molecule has 1 amide bonds. The van der Waals surface area contributed by atoms with Gasteiger partial charge in [0.15, 0.2) is 0 Å². The Bertz CT molecular complexity index is 1710. The van der Waals surface area contributed by atoms with Crippen LogP contribution in [0.1, 0.15) is 35.2 Å². The highest BCUT2D eigenvalue weighted by atomic mass is 19.1. The second kappa shape index (κ2) is 10.3. The number of alkyl halides is 1. The van der Waals surface area contributed by atoms with Crippen LogP contribution >= 0.6 is 0 Å². The van der Waals surface area contributed by atoms with Crippen LogP contribution in [0, 0.1) is 12.8 Å². The first-order valence-electron chi connectivity index (χ1n) is 14.2. The van der Waals surface area contributed by atoms with E-state index in [0.717, 1.165) is 39.9 Å². The minimum Gasteiger partial charge on any atom is -0.474 e. The molecule has 1 aliphatic carbocycles. The molecule has 7 rings (SSSR count). The molecule has 2 atom stereocenters. The number of piperidine rings is 1. The van der Waals surface area contributed by atoms with Gasteiger partial charge in [0.1, 0.15) is 24.0 Å². The van der Waals surface area contributed by atoms with Crippen LogP contribution in [-0.4, -0.2) is 71.4 Å². The van der Waals surface area contributed by atoms with Gasteiger partial charge in [-0.2, -0.15) is 5.10 Å². The van der Waals surface area contributed by atoms with Crippen molar-refractivity contribution in [3.63, 3.8) is 0 Å². The van der Waals surface area contributed by atoms with Crippen LogP contribution in [0.2, 0.25) is 0 Å². The lowest BCUT2D eigenvalue weighted by atomic mass is 10.0. The van der Waals surface area contributed by atoms with Gasteiger partial charge in [-0.1, -0.05) is 0 Å². The summed E-state index contributed by atoms with van der Waals surface area (Å²) in [5, 5.41) is 6.01. The van der Waals surface area contributed by atoms with Crippen molar-refractivity contribution in [3.05, 3.63) is 66.5 Å². The lowest BCUT2D eigenvalue weighted by Crippen LogP contribution is -2.50. The standard InChI is InChI=1S/C30H33FN8O2/c1-19-25-5-4-22(30(40)37-16-23(31)13-24(32)17-37)15-39(25)35-27(19)26-12-21-6-7-34-29(28(21)38(26)14-20-2-3-20)41-11-10-36-9-8-33-18-36/h4-9,12,15,18,20,23-24H,2-3,10-11,13-14,16-17,32H2,1H3/t23-,24-/m1/s1. The van der Waals surface area contributed by atoms with E-state index in [4.69, 9.17) is 15.6 Å². The number of amides is 1. The SMILES string of the molecule is Cc1c(-c2cc3ccnc(OCCn4ccnc4)c3n2CC2CC2)nn2cc(C(=O)N3C[C@H](N)C[C@@H](F)C3)ccc12. The first-order chi connectivity index (χ1) is 19.9. The molecule has 11 heteroatoms. The second-order valence-corrected chi connectivity index (χ2v) is 11.3. The molecule has 1 aliphatic heterocycles. The number of fused-ring (bicyclic) bond motifs is 2. The van der Waals surface area contributed by atoms with Crippen molar-refractivity contribution >= 4 is 22.3 Å². The summed E-state index contributed by atoms with van der Waals surface area (Å²) in [6, 6.07) is 7.51. The number of carbonyl (C=O) groups excluding carboxylic acids is 1. The number of hydrogen-bond acceptors (Lipinski definition) is 6. The third kappa shape index (κ3) is 4.94. The molecule has 1 saturated heterocycles. The molecule has 0 unspecified atom stereocenters. The topological polar surface area (TPSA) is 108 Å². The molecule has 6 heterocycles. The third-order valence-corrected chi connectivity index (χ3v) is 8.14. The maximum atomic E-state index is 14.1. The smallest absolute Gasteiger partial charge is 0.255 e. The van der Waals surface area contributed by atoms with Crippen molar-refractivity contribution in [1.29, 1.82) is 0 Å². The van der Waals surface area contributed by atoms with Gasteiger partial charge in [0, 0.05) is 54.9 Å². The van der Waals surface area contributed by atoms with Crippen LogP contribution in [0.3, 0.4) is 0 Å². The number of nitrogens with two attached hydrogens (primary N) is 1. The quantitative estimate of drug-likeness (QED) is 0.311.